The Kier molecular flexibility index (Phi) is 5.25. The molecule has 0 fully saturated rings. The van der Waals surface area contributed by atoms with Crippen LogP contribution >= 0.6 is 12.2 Å². The van der Waals surface area contributed by atoms with Crippen LogP contribution in [0.3, 0.4) is 0 Å². The van der Waals surface area contributed by atoms with Crippen LogP contribution in [0.4, 0.5) is 0 Å². The van der Waals surface area contributed by atoms with Gasteiger partial charge in [-0.05, 0) is 19.4 Å². The summed E-state index contributed by atoms with van der Waals surface area (Å²) in [5.41, 5.74) is 2.09. The Labute approximate surface area is 109 Å². The van der Waals surface area contributed by atoms with Gasteiger partial charge in [0.1, 0.15) is 0 Å². The fourth-order valence-electron chi connectivity index (χ4n) is 1.75. The molecule has 0 heterocycles. The number of benzene rings is 1. The summed E-state index contributed by atoms with van der Waals surface area (Å²) in [5.74, 6) is 0. The molecule has 3 heteroatoms. The molecule has 1 aromatic carbocycles. The fraction of sp³-hybridized carbons (Fsp3) is 0.500. The molecule has 0 bridgehead atoms. The van der Waals surface area contributed by atoms with Crippen molar-refractivity contribution in [3.8, 4) is 0 Å². The Morgan fingerprint density at radius 2 is 1.76 bits per heavy atom. The lowest BCUT2D eigenvalue weighted by molar-refractivity contribution is 0.151. The highest BCUT2D eigenvalue weighted by Gasteiger charge is 2.22. The van der Waals surface area contributed by atoms with Crippen LogP contribution in [-0.4, -0.2) is 22.1 Å². The van der Waals surface area contributed by atoms with E-state index in [-0.39, 0.29) is 12.1 Å². The molecule has 0 spiro atoms. The molecule has 1 aromatic rings. The van der Waals surface area contributed by atoms with Gasteiger partial charge in [-0.1, -0.05) is 55.9 Å². The number of thiocarbonyl (C=S) groups is 1. The first-order chi connectivity index (χ1) is 7.91. The molecule has 0 aliphatic rings. The lowest BCUT2D eigenvalue weighted by Crippen LogP contribution is -2.43. The van der Waals surface area contributed by atoms with Crippen LogP contribution in [0.1, 0.15) is 38.0 Å². The van der Waals surface area contributed by atoms with Crippen LogP contribution in [0.5, 0.6) is 0 Å². The van der Waals surface area contributed by atoms with Crippen molar-refractivity contribution in [3.05, 3.63) is 35.4 Å². The van der Waals surface area contributed by atoms with Crippen molar-refractivity contribution in [1.82, 2.24) is 5.32 Å². The second-order valence-electron chi connectivity index (χ2n) is 4.77. The van der Waals surface area contributed by atoms with E-state index in [2.05, 4.69) is 5.32 Å². The van der Waals surface area contributed by atoms with Gasteiger partial charge in [-0.2, -0.15) is 0 Å². The van der Waals surface area contributed by atoms with Gasteiger partial charge in [0.25, 0.3) is 0 Å². The summed E-state index contributed by atoms with van der Waals surface area (Å²) in [6, 6.07) is 8.03. The summed E-state index contributed by atoms with van der Waals surface area (Å²) < 4.78 is 0. The Balaban J connectivity index is 2.87. The first-order valence-corrected chi connectivity index (χ1v) is 6.33. The van der Waals surface area contributed by atoms with Gasteiger partial charge in [0.15, 0.2) is 0 Å². The van der Waals surface area contributed by atoms with Crippen LogP contribution in [0.2, 0.25) is 0 Å². The largest absolute Gasteiger partial charge is 0.386 e. The van der Waals surface area contributed by atoms with Gasteiger partial charge >= 0.3 is 0 Å². The molecule has 94 valence electrons. The predicted molar refractivity (Wildman–Crippen MR) is 76.5 cm³/mol. The molecule has 2 nitrogen and oxygen atoms in total. The van der Waals surface area contributed by atoms with E-state index in [1.54, 1.807) is 0 Å². The minimum absolute atomic E-state index is 0.173. The molecule has 1 rings (SSSR count). The van der Waals surface area contributed by atoms with E-state index < -0.39 is 6.10 Å². The van der Waals surface area contributed by atoms with Gasteiger partial charge in [-0.15, -0.1) is 0 Å². The predicted octanol–water partition coefficient (Wildman–Crippen LogP) is 2.78. The fourth-order valence-corrected chi connectivity index (χ4v) is 1.94. The van der Waals surface area contributed by atoms with Crippen LogP contribution in [0, 0.1) is 6.92 Å². The number of aryl methyl sites for hydroxylation is 1. The maximum atomic E-state index is 10.3. The molecular formula is C14H21NOS. The average molecular weight is 251 g/mol. The van der Waals surface area contributed by atoms with Gasteiger partial charge in [0, 0.05) is 10.9 Å². The van der Waals surface area contributed by atoms with Gasteiger partial charge < -0.3 is 10.4 Å². The van der Waals surface area contributed by atoms with Crippen molar-refractivity contribution in [1.29, 1.82) is 0 Å². The van der Waals surface area contributed by atoms with Gasteiger partial charge in [-0.25, -0.2) is 0 Å². The maximum absolute atomic E-state index is 10.3. The number of hydrogen-bond donors (Lipinski definition) is 2. The summed E-state index contributed by atoms with van der Waals surface area (Å²) in [7, 11) is 0. The number of aliphatic hydroxyl groups excluding tert-OH is 1. The highest BCUT2D eigenvalue weighted by molar-refractivity contribution is 7.80. The zero-order chi connectivity index (χ0) is 13.0. The van der Waals surface area contributed by atoms with Crippen molar-refractivity contribution >= 4 is 17.1 Å². The lowest BCUT2D eigenvalue weighted by Gasteiger charge is -2.26. The molecule has 0 aliphatic heterocycles. The van der Waals surface area contributed by atoms with Crippen molar-refractivity contribution < 1.29 is 5.11 Å². The van der Waals surface area contributed by atoms with E-state index in [0.717, 1.165) is 10.4 Å². The molecule has 0 aliphatic carbocycles. The van der Waals surface area contributed by atoms with E-state index in [9.17, 15) is 5.11 Å². The monoisotopic (exact) mass is 251 g/mol. The summed E-state index contributed by atoms with van der Waals surface area (Å²) >= 11 is 5.21. The molecule has 0 unspecified atom stereocenters. The maximum Gasteiger partial charge on any atom is 0.0989 e. The molecular weight excluding hydrogens is 230 g/mol. The van der Waals surface area contributed by atoms with Gasteiger partial charge in [-0.3, -0.25) is 0 Å². The van der Waals surface area contributed by atoms with E-state index in [1.165, 1.54) is 5.56 Å². The number of aliphatic hydroxyl groups is 1. The molecule has 0 aromatic heterocycles. The zero-order valence-electron chi connectivity index (χ0n) is 10.9. The quantitative estimate of drug-likeness (QED) is 0.789. The van der Waals surface area contributed by atoms with Crippen LogP contribution < -0.4 is 5.32 Å². The molecule has 0 saturated heterocycles. The molecule has 0 amide bonds. The summed E-state index contributed by atoms with van der Waals surface area (Å²) in [5, 5.41) is 13.6. The molecule has 0 saturated carbocycles. The second kappa shape index (κ2) is 6.24. The number of nitrogens with one attached hydrogen (secondary N) is 1. The Bertz CT molecular complexity index is 372. The summed E-state index contributed by atoms with van der Waals surface area (Å²) in [6.45, 7) is 8.00. The first kappa shape index (κ1) is 14.3. The van der Waals surface area contributed by atoms with Crippen molar-refractivity contribution in [3.63, 3.8) is 0 Å². The zero-order valence-corrected chi connectivity index (χ0v) is 11.7. The highest BCUT2D eigenvalue weighted by Crippen LogP contribution is 2.19. The molecule has 2 atom stereocenters. The summed E-state index contributed by atoms with van der Waals surface area (Å²) in [6.07, 6.45) is -0.588. The second-order valence-corrected chi connectivity index (χ2v) is 5.41. The third kappa shape index (κ3) is 4.19. The van der Waals surface area contributed by atoms with Crippen molar-refractivity contribution in [2.75, 3.05) is 0 Å². The van der Waals surface area contributed by atoms with Crippen molar-refractivity contribution in [2.24, 2.45) is 0 Å². The molecule has 17 heavy (non-hydrogen) atoms. The van der Waals surface area contributed by atoms with Crippen LogP contribution in [-0.2, 0) is 0 Å². The highest BCUT2D eigenvalue weighted by atomic mass is 32.1. The number of hydrogen-bond acceptors (Lipinski definition) is 3. The third-order valence-corrected chi connectivity index (χ3v) is 2.94. The Morgan fingerprint density at radius 1 is 1.24 bits per heavy atom. The topological polar surface area (TPSA) is 32.3 Å². The molecule has 2 N–H and O–H groups in total. The summed E-state index contributed by atoms with van der Waals surface area (Å²) in [4.78, 5) is 0.784. The van der Waals surface area contributed by atoms with Gasteiger partial charge in [0.2, 0.25) is 0 Å². The van der Waals surface area contributed by atoms with Gasteiger partial charge in [0.05, 0.1) is 12.1 Å². The van der Waals surface area contributed by atoms with Crippen LogP contribution in [0.15, 0.2) is 24.3 Å². The standard InChI is InChI=1S/C14H21NOS/c1-9(2)15-13(11(4)17)14(16)12-7-5-10(3)6-8-12/h5-9,13-16H,1-4H3/t13-,14+/m0/s1. The van der Waals surface area contributed by atoms with E-state index in [4.69, 9.17) is 12.2 Å². The SMILES string of the molecule is CC(=S)[C@H](NC(C)C)[C@H](O)c1ccc(C)cc1. The minimum atomic E-state index is -0.588. The first-order valence-electron chi connectivity index (χ1n) is 5.93. The Hall–Kier alpha value is -0.770. The van der Waals surface area contributed by atoms with Crippen LogP contribution in [0.25, 0.3) is 0 Å². The van der Waals surface area contributed by atoms with E-state index in [1.807, 2.05) is 52.0 Å². The molecule has 0 radical (unpaired) electrons. The number of rotatable bonds is 5. The van der Waals surface area contributed by atoms with E-state index >= 15 is 0 Å². The minimum Gasteiger partial charge on any atom is -0.386 e. The Morgan fingerprint density at radius 3 is 2.18 bits per heavy atom. The lowest BCUT2D eigenvalue weighted by atomic mass is 9.98. The third-order valence-electron chi connectivity index (χ3n) is 2.69. The van der Waals surface area contributed by atoms with Crippen molar-refractivity contribution in [2.45, 2.75) is 45.9 Å². The average Bonchev–Trinajstić information content (AvgIpc) is 2.25. The normalized spacial score (nSPS) is 14.7. The smallest absolute Gasteiger partial charge is 0.0989 e. The van der Waals surface area contributed by atoms with E-state index in [0.29, 0.717) is 0 Å².